The lowest BCUT2D eigenvalue weighted by Gasteiger charge is -2.27. The third-order valence-electron chi connectivity index (χ3n) is 6.02. The third-order valence-corrected chi connectivity index (χ3v) is 6.02. The number of halogens is 3. The van der Waals surface area contributed by atoms with E-state index in [1.54, 1.807) is 23.1 Å². The van der Waals surface area contributed by atoms with Gasteiger partial charge in [0.25, 0.3) is 5.91 Å². The van der Waals surface area contributed by atoms with Crippen LogP contribution in [-0.2, 0) is 6.18 Å². The fraction of sp³-hybridized carbons (Fsp3) is 0.273. The van der Waals surface area contributed by atoms with Crippen LogP contribution in [0.25, 0.3) is 5.69 Å². The van der Waals surface area contributed by atoms with Gasteiger partial charge in [0, 0.05) is 12.1 Å². The largest absolute Gasteiger partial charge is 0.493 e. The Morgan fingerprint density at radius 3 is 2.58 bits per heavy atom. The minimum atomic E-state index is -4.58. The molecule has 3 heterocycles. The highest BCUT2D eigenvalue weighted by molar-refractivity contribution is 5.95. The first-order valence-electron chi connectivity index (χ1n) is 9.78. The number of aryl methyl sites for hydroxylation is 1. The summed E-state index contributed by atoms with van der Waals surface area (Å²) in [5.74, 6) is -0.639. The number of carbonyl (C=O) groups excluding carboxylic acids is 1. The van der Waals surface area contributed by atoms with Gasteiger partial charge in [0.2, 0.25) is 5.88 Å². The van der Waals surface area contributed by atoms with E-state index in [-0.39, 0.29) is 23.3 Å². The molecule has 1 amide bonds. The molecule has 0 aliphatic carbocycles. The van der Waals surface area contributed by atoms with Crippen molar-refractivity contribution < 1.29 is 23.1 Å². The Balaban J connectivity index is 1.56. The number of imidazole rings is 1. The number of carbonyl (C=O) groups is 1. The molecule has 9 heteroatoms. The number of nitrogens with zero attached hydrogens (tertiary/aromatic N) is 3. The SMILES string of the molecule is Cc1cccc(C(=O)N2CC3C[C@@H]2c2c(O)n(-c4cccc(C(F)(F)F)c4)c(=O)n23)c1. The van der Waals surface area contributed by atoms with Crippen LogP contribution < -0.4 is 5.69 Å². The van der Waals surface area contributed by atoms with Gasteiger partial charge in [-0.3, -0.25) is 9.36 Å². The van der Waals surface area contributed by atoms with Gasteiger partial charge >= 0.3 is 11.9 Å². The third kappa shape index (κ3) is 2.87. The smallest absolute Gasteiger partial charge is 0.416 e. The molecular weight excluding hydrogens is 411 g/mol. The normalized spacial score (nSPS) is 19.7. The number of fused-ring (bicyclic) bond motifs is 5. The quantitative estimate of drug-likeness (QED) is 0.674. The maximum atomic E-state index is 13.1. The number of likely N-dealkylation sites (tertiary alicyclic amines) is 1. The number of rotatable bonds is 2. The van der Waals surface area contributed by atoms with Crippen LogP contribution in [0.4, 0.5) is 13.2 Å². The number of aromatic hydroxyl groups is 1. The molecule has 1 fully saturated rings. The maximum Gasteiger partial charge on any atom is 0.416 e. The Hall–Kier alpha value is -3.49. The van der Waals surface area contributed by atoms with Crippen LogP contribution in [0.3, 0.4) is 0 Å². The minimum absolute atomic E-state index is 0.0739. The summed E-state index contributed by atoms with van der Waals surface area (Å²) in [6.07, 6.45) is -4.09. The van der Waals surface area contributed by atoms with Gasteiger partial charge in [0.1, 0.15) is 5.69 Å². The van der Waals surface area contributed by atoms with E-state index in [9.17, 15) is 27.9 Å². The van der Waals surface area contributed by atoms with Crippen LogP contribution in [0.1, 0.15) is 45.7 Å². The van der Waals surface area contributed by atoms with Gasteiger partial charge in [-0.15, -0.1) is 0 Å². The minimum Gasteiger partial charge on any atom is -0.493 e. The van der Waals surface area contributed by atoms with Crippen molar-refractivity contribution in [3.8, 4) is 11.6 Å². The highest BCUT2D eigenvalue weighted by atomic mass is 19.4. The van der Waals surface area contributed by atoms with Gasteiger partial charge in [0.15, 0.2) is 0 Å². The molecule has 0 spiro atoms. The molecule has 0 saturated carbocycles. The molecule has 31 heavy (non-hydrogen) atoms. The van der Waals surface area contributed by atoms with E-state index in [1.165, 1.54) is 16.7 Å². The van der Waals surface area contributed by atoms with Crippen LogP contribution in [0.15, 0.2) is 53.3 Å². The van der Waals surface area contributed by atoms with Gasteiger partial charge in [0.05, 0.1) is 23.3 Å². The topological polar surface area (TPSA) is 67.5 Å². The molecule has 2 aromatic carbocycles. The summed E-state index contributed by atoms with van der Waals surface area (Å²) in [7, 11) is 0. The first-order valence-corrected chi connectivity index (χ1v) is 9.78. The Kier molecular flexibility index (Phi) is 4.08. The zero-order valence-corrected chi connectivity index (χ0v) is 16.4. The number of alkyl halides is 3. The lowest BCUT2D eigenvalue weighted by atomic mass is 10.1. The second kappa shape index (κ2) is 6.50. The number of aromatic nitrogens is 2. The van der Waals surface area contributed by atoms with Crippen LogP contribution in [0.2, 0.25) is 0 Å². The second-order valence-corrected chi connectivity index (χ2v) is 7.98. The van der Waals surface area contributed by atoms with E-state index in [4.69, 9.17) is 0 Å². The van der Waals surface area contributed by atoms with Crippen molar-refractivity contribution >= 4 is 5.91 Å². The molecule has 2 atom stereocenters. The average molecular weight is 429 g/mol. The van der Waals surface area contributed by atoms with Crippen LogP contribution in [0.5, 0.6) is 5.88 Å². The molecule has 2 bridgehead atoms. The summed E-state index contributed by atoms with van der Waals surface area (Å²) in [4.78, 5) is 27.7. The molecular formula is C22H18F3N3O3. The number of amides is 1. The van der Waals surface area contributed by atoms with Gasteiger partial charge < -0.3 is 10.0 Å². The highest BCUT2D eigenvalue weighted by Gasteiger charge is 2.49. The Morgan fingerprint density at radius 1 is 1.13 bits per heavy atom. The second-order valence-electron chi connectivity index (χ2n) is 7.98. The van der Waals surface area contributed by atoms with Crippen molar-refractivity contribution in [3.63, 3.8) is 0 Å². The van der Waals surface area contributed by atoms with Gasteiger partial charge in [-0.1, -0.05) is 23.8 Å². The summed E-state index contributed by atoms with van der Waals surface area (Å²) in [5.41, 5.74) is 0.114. The standard InChI is InChI=1S/C22H18F3N3O3/c1-12-4-2-5-13(8-12)19(29)26-11-16-10-17(26)18-20(30)28(21(31)27(16)18)15-7-3-6-14(9-15)22(23,24)25/h2-9,16-17,30H,10-11H2,1H3/t16?,17-/m1/s1. The van der Waals surface area contributed by atoms with Crippen molar-refractivity contribution in [2.24, 2.45) is 0 Å². The van der Waals surface area contributed by atoms with Crippen molar-refractivity contribution in [2.45, 2.75) is 31.6 Å². The summed E-state index contributed by atoms with van der Waals surface area (Å²) in [5, 5.41) is 10.8. The monoisotopic (exact) mass is 429 g/mol. The summed E-state index contributed by atoms with van der Waals surface area (Å²) in [6.45, 7) is 2.18. The molecule has 5 rings (SSSR count). The van der Waals surface area contributed by atoms with E-state index in [0.717, 1.165) is 22.3 Å². The summed E-state index contributed by atoms with van der Waals surface area (Å²) in [6, 6.07) is 10.6. The molecule has 1 aromatic heterocycles. The van der Waals surface area contributed by atoms with Gasteiger partial charge in [-0.05, 0) is 43.7 Å². The maximum absolute atomic E-state index is 13.1. The molecule has 0 radical (unpaired) electrons. The van der Waals surface area contributed by atoms with Gasteiger partial charge in [-0.25, -0.2) is 9.36 Å². The molecule has 1 unspecified atom stereocenters. The number of hydrogen-bond acceptors (Lipinski definition) is 3. The van der Waals surface area contributed by atoms with E-state index >= 15 is 0 Å². The number of benzene rings is 2. The van der Waals surface area contributed by atoms with E-state index in [1.807, 2.05) is 13.0 Å². The highest BCUT2D eigenvalue weighted by Crippen LogP contribution is 2.49. The zero-order valence-electron chi connectivity index (χ0n) is 16.4. The Bertz CT molecular complexity index is 1270. The summed E-state index contributed by atoms with van der Waals surface area (Å²) >= 11 is 0. The van der Waals surface area contributed by atoms with E-state index in [0.29, 0.717) is 18.5 Å². The molecule has 3 aromatic rings. The Labute approximate surface area is 174 Å². The molecule has 2 aliphatic heterocycles. The molecule has 6 nitrogen and oxygen atoms in total. The lowest BCUT2D eigenvalue weighted by Crippen LogP contribution is -2.37. The van der Waals surface area contributed by atoms with Gasteiger partial charge in [-0.2, -0.15) is 13.2 Å². The zero-order chi connectivity index (χ0) is 22.1. The molecule has 2 aliphatic rings. The first kappa shape index (κ1) is 19.5. The van der Waals surface area contributed by atoms with Crippen molar-refractivity contribution in [1.29, 1.82) is 0 Å². The van der Waals surface area contributed by atoms with Crippen LogP contribution in [-0.4, -0.2) is 31.6 Å². The summed E-state index contributed by atoms with van der Waals surface area (Å²) < 4.78 is 41.6. The fourth-order valence-corrected chi connectivity index (χ4v) is 4.67. The van der Waals surface area contributed by atoms with Crippen molar-refractivity contribution in [1.82, 2.24) is 14.0 Å². The first-order chi connectivity index (χ1) is 14.7. The predicted octanol–water partition coefficient (Wildman–Crippen LogP) is 3.81. The van der Waals surface area contributed by atoms with Crippen LogP contribution in [0, 0.1) is 6.92 Å². The fourth-order valence-electron chi connectivity index (χ4n) is 4.67. The van der Waals surface area contributed by atoms with Crippen molar-refractivity contribution in [3.05, 3.63) is 81.4 Å². The molecule has 160 valence electrons. The number of hydrogen-bond donors (Lipinski definition) is 1. The Morgan fingerprint density at radius 2 is 1.87 bits per heavy atom. The van der Waals surface area contributed by atoms with Crippen molar-refractivity contribution in [2.75, 3.05) is 6.54 Å². The molecule has 1 saturated heterocycles. The van der Waals surface area contributed by atoms with Crippen LogP contribution >= 0.6 is 0 Å². The lowest BCUT2D eigenvalue weighted by molar-refractivity contribution is -0.137. The van der Waals surface area contributed by atoms with E-state index < -0.39 is 29.4 Å². The average Bonchev–Trinajstić information content (AvgIpc) is 3.38. The molecule has 1 N–H and O–H groups in total. The predicted molar refractivity (Wildman–Crippen MR) is 105 cm³/mol. The van der Waals surface area contributed by atoms with E-state index in [2.05, 4.69) is 0 Å².